The van der Waals surface area contributed by atoms with E-state index in [4.69, 9.17) is 5.26 Å². The second-order valence-corrected chi connectivity index (χ2v) is 5.65. The van der Waals surface area contributed by atoms with Gasteiger partial charge in [0.15, 0.2) is 0 Å². The highest BCUT2D eigenvalue weighted by molar-refractivity contribution is 5.89. The fraction of sp³-hybridized carbons (Fsp3) is 0.250. The summed E-state index contributed by atoms with van der Waals surface area (Å²) in [5.41, 5.74) is 3.77. The minimum absolute atomic E-state index is 0.170. The van der Waals surface area contributed by atoms with E-state index in [0.717, 1.165) is 35.1 Å². The van der Waals surface area contributed by atoms with Crippen LogP contribution in [0.1, 0.15) is 30.9 Å². The summed E-state index contributed by atoms with van der Waals surface area (Å²) in [6.45, 7) is 4.23. The number of rotatable bonds is 5. The van der Waals surface area contributed by atoms with Crippen molar-refractivity contribution in [2.45, 2.75) is 33.2 Å². The van der Waals surface area contributed by atoms with E-state index in [-0.39, 0.29) is 5.91 Å². The maximum Gasteiger partial charge on any atom is 0.266 e. The standard InChI is InChI=1S/C20H21N3O/c1-3-6-20(24)23(15-19-10-4-7-16(2)11-19)22-14-18-9-5-8-17(12-18)13-21/h3-4,6-7,9-12,14H,5,8,15H2,1-2H3/b6-3-,22-14+. The first-order valence-corrected chi connectivity index (χ1v) is 7.97. The summed E-state index contributed by atoms with van der Waals surface area (Å²) < 4.78 is 0. The minimum Gasteiger partial charge on any atom is -0.268 e. The van der Waals surface area contributed by atoms with E-state index >= 15 is 0 Å². The number of hydrogen-bond acceptors (Lipinski definition) is 3. The van der Waals surface area contributed by atoms with E-state index in [9.17, 15) is 4.79 Å². The Balaban J connectivity index is 2.19. The van der Waals surface area contributed by atoms with Gasteiger partial charge in [-0.2, -0.15) is 10.4 Å². The second-order valence-electron chi connectivity index (χ2n) is 5.65. The number of carbonyl (C=O) groups excluding carboxylic acids is 1. The summed E-state index contributed by atoms with van der Waals surface area (Å²) in [6, 6.07) is 10.2. The lowest BCUT2D eigenvalue weighted by atomic mass is 10.0. The Morgan fingerprint density at radius 3 is 3.00 bits per heavy atom. The average Bonchev–Trinajstić information content (AvgIpc) is 2.59. The Morgan fingerprint density at radius 1 is 1.46 bits per heavy atom. The van der Waals surface area contributed by atoms with Gasteiger partial charge in [-0.3, -0.25) is 4.79 Å². The Bertz CT molecular complexity index is 763. The predicted molar refractivity (Wildman–Crippen MR) is 96.0 cm³/mol. The van der Waals surface area contributed by atoms with Gasteiger partial charge in [-0.15, -0.1) is 0 Å². The number of nitriles is 1. The molecule has 0 N–H and O–H groups in total. The SMILES string of the molecule is C/C=C\C(=O)N(Cc1cccc(C)c1)/N=C/C1=CCCC(C#N)=C1. The predicted octanol–water partition coefficient (Wildman–Crippen LogP) is 4.06. The van der Waals surface area contributed by atoms with Crippen molar-refractivity contribution in [3.05, 3.63) is 70.8 Å². The molecule has 0 spiro atoms. The first kappa shape index (κ1) is 17.4. The van der Waals surface area contributed by atoms with Crippen LogP contribution in [0.2, 0.25) is 0 Å². The average molecular weight is 319 g/mol. The van der Waals surface area contributed by atoms with Gasteiger partial charge in [0.05, 0.1) is 18.8 Å². The van der Waals surface area contributed by atoms with Crippen molar-refractivity contribution >= 4 is 12.1 Å². The number of nitrogens with zero attached hydrogens (tertiary/aromatic N) is 3. The van der Waals surface area contributed by atoms with Crippen LogP contribution in [0.25, 0.3) is 0 Å². The van der Waals surface area contributed by atoms with Gasteiger partial charge >= 0.3 is 0 Å². The molecule has 122 valence electrons. The molecule has 0 atom stereocenters. The number of aryl methyl sites for hydroxylation is 1. The molecule has 1 aromatic carbocycles. The number of carbonyl (C=O) groups is 1. The van der Waals surface area contributed by atoms with E-state index in [1.54, 1.807) is 19.2 Å². The highest BCUT2D eigenvalue weighted by atomic mass is 16.2. The number of amides is 1. The van der Waals surface area contributed by atoms with E-state index < -0.39 is 0 Å². The number of hydrogen-bond donors (Lipinski definition) is 0. The zero-order valence-corrected chi connectivity index (χ0v) is 14.1. The number of benzene rings is 1. The zero-order valence-electron chi connectivity index (χ0n) is 14.1. The van der Waals surface area contributed by atoms with Gasteiger partial charge < -0.3 is 0 Å². The second kappa shape index (κ2) is 8.64. The van der Waals surface area contributed by atoms with Crippen molar-refractivity contribution in [1.29, 1.82) is 5.26 Å². The van der Waals surface area contributed by atoms with E-state index in [1.807, 2.05) is 43.3 Å². The number of hydrazone groups is 1. The van der Waals surface area contributed by atoms with Crippen LogP contribution < -0.4 is 0 Å². The first-order chi connectivity index (χ1) is 11.6. The van der Waals surface area contributed by atoms with Crippen molar-refractivity contribution in [2.24, 2.45) is 5.10 Å². The molecule has 1 aromatic rings. The lowest BCUT2D eigenvalue weighted by Gasteiger charge is -2.16. The van der Waals surface area contributed by atoms with Gasteiger partial charge in [-0.25, -0.2) is 5.01 Å². The maximum absolute atomic E-state index is 12.3. The molecule has 0 fully saturated rings. The molecule has 0 aliphatic heterocycles. The lowest BCUT2D eigenvalue weighted by molar-refractivity contribution is -0.126. The lowest BCUT2D eigenvalue weighted by Crippen LogP contribution is -2.23. The fourth-order valence-corrected chi connectivity index (χ4v) is 2.43. The highest BCUT2D eigenvalue weighted by Crippen LogP contribution is 2.16. The molecule has 0 heterocycles. The van der Waals surface area contributed by atoms with Gasteiger partial charge in [0.2, 0.25) is 0 Å². The Morgan fingerprint density at radius 2 is 2.29 bits per heavy atom. The van der Waals surface area contributed by atoms with Crippen LogP contribution in [0.3, 0.4) is 0 Å². The van der Waals surface area contributed by atoms with Crippen LogP contribution in [-0.4, -0.2) is 17.1 Å². The van der Waals surface area contributed by atoms with E-state index in [1.165, 1.54) is 11.1 Å². The van der Waals surface area contributed by atoms with Crippen molar-refractivity contribution in [3.8, 4) is 6.07 Å². The topological polar surface area (TPSA) is 56.5 Å². The molecule has 0 bridgehead atoms. The summed E-state index contributed by atoms with van der Waals surface area (Å²) in [4.78, 5) is 12.3. The third kappa shape index (κ3) is 5.06. The molecule has 4 heteroatoms. The molecule has 0 aromatic heterocycles. The van der Waals surface area contributed by atoms with Crippen molar-refractivity contribution in [3.63, 3.8) is 0 Å². The van der Waals surface area contributed by atoms with Gasteiger partial charge in [-0.1, -0.05) is 42.0 Å². The Labute approximate surface area is 143 Å². The third-order valence-corrected chi connectivity index (χ3v) is 3.60. The van der Waals surface area contributed by atoms with Gasteiger partial charge in [-0.05, 0) is 43.9 Å². The molecule has 1 aliphatic carbocycles. The number of allylic oxidation sites excluding steroid dienone is 5. The van der Waals surface area contributed by atoms with Crippen molar-refractivity contribution < 1.29 is 4.79 Å². The summed E-state index contributed by atoms with van der Waals surface area (Å²) in [6.07, 6.45) is 10.3. The molecular weight excluding hydrogens is 298 g/mol. The quantitative estimate of drug-likeness (QED) is 0.467. The zero-order chi connectivity index (χ0) is 17.4. The summed E-state index contributed by atoms with van der Waals surface area (Å²) in [5.74, 6) is -0.170. The van der Waals surface area contributed by atoms with E-state index in [0.29, 0.717) is 6.54 Å². The molecule has 24 heavy (non-hydrogen) atoms. The Kier molecular flexibility index (Phi) is 6.27. The van der Waals surface area contributed by atoms with Crippen LogP contribution in [0.5, 0.6) is 0 Å². The fourth-order valence-electron chi connectivity index (χ4n) is 2.43. The first-order valence-electron chi connectivity index (χ1n) is 7.97. The van der Waals surface area contributed by atoms with Crippen molar-refractivity contribution in [1.82, 2.24) is 5.01 Å². The summed E-state index contributed by atoms with van der Waals surface area (Å²) in [5, 5.41) is 14.8. The molecule has 0 saturated heterocycles. The smallest absolute Gasteiger partial charge is 0.266 e. The van der Waals surface area contributed by atoms with Crippen LogP contribution in [0, 0.1) is 18.3 Å². The molecule has 4 nitrogen and oxygen atoms in total. The minimum atomic E-state index is -0.170. The van der Waals surface area contributed by atoms with Crippen LogP contribution in [0.15, 0.2) is 64.8 Å². The summed E-state index contributed by atoms with van der Waals surface area (Å²) in [7, 11) is 0. The largest absolute Gasteiger partial charge is 0.268 e. The Hall–Kier alpha value is -2.93. The van der Waals surface area contributed by atoms with Gasteiger partial charge in [0.1, 0.15) is 0 Å². The molecule has 2 rings (SSSR count). The molecule has 0 saturated carbocycles. The summed E-state index contributed by atoms with van der Waals surface area (Å²) >= 11 is 0. The van der Waals surface area contributed by atoms with Crippen LogP contribution in [0.4, 0.5) is 0 Å². The van der Waals surface area contributed by atoms with Gasteiger partial charge in [0, 0.05) is 11.6 Å². The van der Waals surface area contributed by atoms with Crippen LogP contribution in [-0.2, 0) is 11.3 Å². The molecule has 1 amide bonds. The molecule has 0 unspecified atom stereocenters. The maximum atomic E-state index is 12.3. The third-order valence-electron chi connectivity index (χ3n) is 3.60. The monoisotopic (exact) mass is 319 g/mol. The molecular formula is C20H21N3O. The van der Waals surface area contributed by atoms with Crippen molar-refractivity contribution in [2.75, 3.05) is 0 Å². The highest BCUT2D eigenvalue weighted by Gasteiger charge is 2.10. The normalized spacial score (nSPS) is 14.4. The molecule has 0 radical (unpaired) electrons. The van der Waals surface area contributed by atoms with Crippen LogP contribution >= 0.6 is 0 Å². The van der Waals surface area contributed by atoms with E-state index in [2.05, 4.69) is 11.2 Å². The van der Waals surface area contributed by atoms with Gasteiger partial charge in [0.25, 0.3) is 5.91 Å². The molecule has 1 aliphatic rings.